The topological polar surface area (TPSA) is 102 Å². The van der Waals surface area contributed by atoms with E-state index in [1.165, 1.54) is 51.0 Å². The van der Waals surface area contributed by atoms with Crippen LogP contribution in [0, 0.1) is 0 Å². The normalized spacial score (nSPS) is 14.2. The summed E-state index contributed by atoms with van der Waals surface area (Å²) in [5.74, 6) is -0.332. The van der Waals surface area contributed by atoms with Crippen LogP contribution in [0.25, 0.3) is 0 Å². The predicted molar refractivity (Wildman–Crippen MR) is 199 cm³/mol. The van der Waals surface area contributed by atoms with Crippen LogP contribution in [0.3, 0.4) is 0 Å². The molecule has 1 N–H and O–H groups in total. The second-order valence-corrected chi connectivity index (χ2v) is 40.9. The van der Waals surface area contributed by atoms with E-state index in [0.29, 0.717) is 6.61 Å². The van der Waals surface area contributed by atoms with Crippen molar-refractivity contribution in [2.75, 3.05) is 6.61 Å². The highest BCUT2D eigenvalue weighted by Gasteiger charge is 2.48. The summed E-state index contributed by atoms with van der Waals surface area (Å²) in [5, 5.41) is 0. The number of hydrogen-bond acceptors (Lipinski definition) is 9. The van der Waals surface area contributed by atoms with Gasteiger partial charge in [-0.15, -0.1) is 0 Å². The molecule has 0 rings (SSSR count). The molecule has 0 aliphatic heterocycles. The molecule has 0 saturated carbocycles. The number of unbranched alkanes of at least 4 members (excludes halogenated alkanes) is 8. The van der Waals surface area contributed by atoms with Crippen LogP contribution in [0.4, 0.5) is 0 Å². The van der Waals surface area contributed by atoms with Crippen molar-refractivity contribution in [3.05, 3.63) is 12.7 Å². The average Bonchev–Trinajstić information content (AvgIpc) is 2.73. The van der Waals surface area contributed by atoms with E-state index in [4.69, 9.17) is 29.4 Å². The molecular formula is C28H68O9Si7. The van der Waals surface area contributed by atoms with Gasteiger partial charge in [0.25, 0.3) is 0 Å². The van der Waals surface area contributed by atoms with E-state index in [9.17, 15) is 9.59 Å². The molecule has 0 atom stereocenters. The molecule has 0 radical (unpaired) electrons. The standard InChI is InChI=1S/C28H68O9Si7/c1-16-28(29)31-26-24-22-20-18-17-19-21-23-25-27-38(2,3)32-40(6,7)34-42(10,11)36-44(14,15)37-43(12,13)35-41(8,9)33-39(4,5)30/h16,30H,1,17-27H2,2-15H3. The Morgan fingerprint density at radius 1 is 0.523 bits per heavy atom. The van der Waals surface area contributed by atoms with Gasteiger partial charge in [-0.3, -0.25) is 0 Å². The van der Waals surface area contributed by atoms with Crippen molar-refractivity contribution in [1.29, 1.82) is 0 Å². The molecule has 0 unspecified atom stereocenters. The van der Waals surface area contributed by atoms with Gasteiger partial charge in [-0.05, 0) is 104 Å². The van der Waals surface area contributed by atoms with E-state index in [0.717, 1.165) is 18.9 Å². The Kier molecular flexibility index (Phi) is 19.0. The largest absolute Gasteiger partial charge is 0.463 e. The molecule has 9 nitrogen and oxygen atoms in total. The van der Waals surface area contributed by atoms with E-state index in [-0.39, 0.29) is 5.97 Å². The minimum atomic E-state index is -2.71. The molecule has 0 saturated heterocycles. The van der Waals surface area contributed by atoms with Crippen LogP contribution in [-0.4, -0.2) is 77.1 Å². The molecule has 0 aromatic rings. The smallest absolute Gasteiger partial charge is 0.330 e. The molecule has 0 fully saturated rings. The van der Waals surface area contributed by atoms with Gasteiger partial charge in [-0.25, -0.2) is 4.79 Å². The van der Waals surface area contributed by atoms with E-state index >= 15 is 0 Å². The van der Waals surface area contributed by atoms with Crippen LogP contribution in [-0.2, 0) is 34.2 Å². The number of hydrogen-bond donors (Lipinski definition) is 1. The molecule has 0 aromatic carbocycles. The SMILES string of the molecule is C=CC(=O)OCCCCCCCCCCC[Si](C)(C)O[Si](C)(C)O[Si](C)(C)O[Si](C)(C)O[Si](C)(C)O[Si](C)(C)O[Si](C)(C)O. The van der Waals surface area contributed by atoms with Crippen LogP contribution < -0.4 is 0 Å². The molecule has 0 heterocycles. The Labute approximate surface area is 278 Å². The maximum absolute atomic E-state index is 11.0. The van der Waals surface area contributed by atoms with Crippen LogP contribution in [0.2, 0.25) is 97.7 Å². The fraction of sp³-hybridized carbons (Fsp3) is 0.893. The molecule has 44 heavy (non-hydrogen) atoms. The van der Waals surface area contributed by atoms with Gasteiger partial charge in [0.15, 0.2) is 8.32 Å². The maximum atomic E-state index is 11.0. The van der Waals surface area contributed by atoms with Gasteiger partial charge in [0.2, 0.25) is 0 Å². The lowest BCUT2D eigenvalue weighted by Gasteiger charge is -2.43. The lowest BCUT2D eigenvalue weighted by molar-refractivity contribution is -0.137. The Morgan fingerprint density at radius 3 is 1.20 bits per heavy atom. The first-order valence-electron chi connectivity index (χ1n) is 16.4. The van der Waals surface area contributed by atoms with Crippen LogP contribution in [0.5, 0.6) is 0 Å². The summed E-state index contributed by atoms with van der Waals surface area (Å²) >= 11 is 0. The molecule has 0 spiro atoms. The molecule has 0 bridgehead atoms. The lowest BCUT2D eigenvalue weighted by Crippen LogP contribution is -2.61. The Hall–Kier alpha value is 0.448. The monoisotopic (exact) mass is 744 g/mol. The zero-order chi connectivity index (χ0) is 34.5. The Morgan fingerprint density at radius 2 is 0.841 bits per heavy atom. The van der Waals surface area contributed by atoms with Crippen molar-refractivity contribution in [1.82, 2.24) is 0 Å². The Balaban J connectivity index is 4.59. The van der Waals surface area contributed by atoms with Gasteiger partial charge >= 0.3 is 57.3 Å². The second-order valence-electron chi connectivity index (χ2n) is 15.1. The van der Waals surface area contributed by atoms with Gasteiger partial charge in [0.05, 0.1) is 6.61 Å². The van der Waals surface area contributed by atoms with Crippen molar-refractivity contribution in [2.45, 2.75) is 155 Å². The van der Waals surface area contributed by atoms with Gasteiger partial charge in [0.1, 0.15) is 0 Å². The first-order chi connectivity index (χ1) is 19.7. The molecule has 0 aliphatic rings. The van der Waals surface area contributed by atoms with Crippen LogP contribution in [0.1, 0.15) is 57.8 Å². The summed E-state index contributed by atoms with van der Waals surface area (Å²) in [6.45, 7) is 32.6. The zero-order valence-corrected chi connectivity index (χ0v) is 37.8. The summed E-state index contributed by atoms with van der Waals surface area (Å²) in [4.78, 5) is 21.3. The Bertz CT molecular complexity index is 861. The van der Waals surface area contributed by atoms with Crippen molar-refractivity contribution in [2.24, 2.45) is 0 Å². The van der Waals surface area contributed by atoms with Crippen LogP contribution in [0.15, 0.2) is 12.7 Å². The molecule has 0 aliphatic carbocycles. The minimum Gasteiger partial charge on any atom is -0.463 e. The third kappa shape index (κ3) is 24.6. The fourth-order valence-electron chi connectivity index (χ4n) is 5.91. The van der Waals surface area contributed by atoms with Gasteiger partial charge in [-0.1, -0.05) is 57.9 Å². The molecule has 0 aromatic heterocycles. The van der Waals surface area contributed by atoms with Gasteiger partial charge in [-0.2, -0.15) is 0 Å². The first kappa shape index (κ1) is 44.4. The van der Waals surface area contributed by atoms with E-state index in [1.54, 1.807) is 13.1 Å². The summed E-state index contributed by atoms with van der Waals surface area (Å²) in [6.07, 6.45) is 11.9. The second kappa shape index (κ2) is 18.8. The average molecular weight is 745 g/mol. The third-order valence-electron chi connectivity index (χ3n) is 6.32. The number of carbonyl (C=O) groups excluding carboxylic acids is 1. The third-order valence-corrected chi connectivity index (χ3v) is 31.7. The number of rotatable bonds is 25. The molecule has 0 amide bonds. The number of carbonyl (C=O) groups is 1. The first-order valence-corrected chi connectivity index (χ1v) is 36.5. The highest BCUT2D eigenvalue weighted by Crippen LogP contribution is 2.29. The van der Waals surface area contributed by atoms with E-state index in [2.05, 4.69) is 59.0 Å². The lowest BCUT2D eigenvalue weighted by atomic mass is 10.1. The predicted octanol–water partition coefficient (Wildman–Crippen LogP) is 8.73. The van der Waals surface area contributed by atoms with E-state index < -0.39 is 59.7 Å². The molecular weight excluding hydrogens is 677 g/mol. The van der Waals surface area contributed by atoms with Gasteiger partial charge < -0.3 is 34.2 Å². The summed E-state index contributed by atoms with van der Waals surface area (Å²) in [7, 11) is -17.3. The van der Waals surface area contributed by atoms with Gasteiger partial charge in [0, 0.05) is 6.08 Å². The number of ether oxygens (including phenoxy) is 1. The van der Waals surface area contributed by atoms with E-state index in [1.807, 2.05) is 26.2 Å². The zero-order valence-electron chi connectivity index (χ0n) is 30.8. The summed E-state index contributed by atoms with van der Waals surface area (Å²) in [5.41, 5.74) is 0. The van der Waals surface area contributed by atoms with Crippen LogP contribution >= 0.6 is 0 Å². The minimum absolute atomic E-state index is 0.332. The summed E-state index contributed by atoms with van der Waals surface area (Å²) < 4.78 is 44.2. The molecule has 262 valence electrons. The van der Waals surface area contributed by atoms with Crippen molar-refractivity contribution in [3.8, 4) is 0 Å². The fourth-order valence-corrected chi connectivity index (χ4v) is 39.2. The summed E-state index contributed by atoms with van der Waals surface area (Å²) in [6, 6.07) is 1.13. The van der Waals surface area contributed by atoms with Crippen molar-refractivity contribution in [3.63, 3.8) is 0 Å². The van der Waals surface area contributed by atoms with Crippen molar-refractivity contribution >= 4 is 65.7 Å². The molecule has 16 heteroatoms. The maximum Gasteiger partial charge on any atom is 0.330 e. The van der Waals surface area contributed by atoms with Crippen molar-refractivity contribution < 1.29 is 39.0 Å². The quantitative estimate of drug-likeness (QED) is 0.0426. The number of esters is 1. The highest BCUT2D eigenvalue weighted by atomic mass is 28.5. The highest BCUT2D eigenvalue weighted by molar-refractivity contribution is 6.91.